The number of carbonyl (C=O) groups is 3. The Hall–Kier alpha value is -1.85. The normalized spacial score (nSPS) is 53.4. The Labute approximate surface area is 301 Å². The van der Waals surface area contributed by atoms with Crippen LogP contribution in [-0.4, -0.2) is 35.5 Å². The van der Waals surface area contributed by atoms with Gasteiger partial charge in [-0.2, -0.15) is 0 Å². The van der Waals surface area contributed by atoms with Crippen LogP contribution in [0.15, 0.2) is 11.3 Å². The highest BCUT2D eigenvalue weighted by atomic mass is 16.5. The Kier molecular flexibility index (Phi) is 7.69. The molecule has 50 heavy (non-hydrogen) atoms. The molecule has 0 aromatic carbocycles. The maximum atomic E-state index is 14.3. The fourth-order valence-corrected chi connectivity index (χ4v) is 16.3. The number of hydrogen-bond donors (Lipinski definition) is 0. The molecule has 0 bridgehead atoms. The van der Waals surface area contributed by atoms with Gasteiger partial charge in [-0.05, 0) is 160 Å². The third kappa shape index (κ3) is 4.66. The lowest BCUT2D eigenvalue weighted by atomic mass is 9.43. The van der Waals surface area contributed by atoms with Crippen molar-refractivity contribution in [1.29, 1.82) is 0 Å². The van der Waals surface area contributed by atoms with Crippen molar-refractivity contribution in [3.63, 3.8) is 0 Å². The van der Waals surface area contributed by atoms with Gasteiger partial charge >= 0.3 is 11.9 Å². The summed E-state index contributed by atoms with van der Waals surface area (Å²) >= 11 is 0. The Morgan fingerprint density at radius 1 is 0.620 bits per heavy atom. The summed E-state index contributed by atoms with van der Waals surface area (Å²) in [6.45, 7) is 13.2. The second-order valence-electron chi connectivity index (χ2n) is 20.6. The first kappa shape index (κ1) is 34.0. The summed E-state index contributed by atoms with van der Waals surface area (Å²) in [6.07, 6.45) is 19.8. The third-order valence-corrected chi connectivity index (χ3v) is 18.7. The lowest BCUT2D eigenvalue weighted by Crippen LogP contribution is -2.61. The lowest BCUT2D eigenvalue weighted by Gasteiger charge is -2.63. The minimum Gasteiger partial charge on any atom is -0.484 e. The Morgan fingerprint density at radius 3 is 1.70 bits per heavy atom. The van der Waals surface area contributed by atoms with Gasteiger partial charge in [-0.1, -0.05) is 27.7 Å². The van der Waals surface area contributed by atoms with E-state index in [1.54, 1.807) is 13.8 Å². The molecule has 276 valence electrons. The maximum absolute atomic E-state index is 14.3. The average Bonchev–Trinajstić information content (AvgIpc) is 3.56. The summed E-state index contributed by atoms with van der Waals surface area (Å²) in [5.41, 5.74) is 1.52. The Morgan fingerprint density at radius 2 is 1.14 bits per heavy atom. The molecule has 0 aromatic heterocycles. The zero-order valence-corrected chi connectivity index (χ0v) is 32.0. The van der Waals surface area contributed by atoms with Crippen LogP contribution >= 0.6 is 0 Å². The number of fused-ring (bicyclic) bond motifs is 10. The number of carbonyl (C=O) groups excluding carboxylic acids is 3. The van der Waals surface area contributed by atoms with Crippen LogP contribution in [-0.2, 0) is 28.6 Å². The number of hydrogen-bond acceptors (Lipinski definition) is 6. The fourth-order valence-electron chi connectivity index (χ4n) is 16.3. The minimum atomic E-state index is -0.643. The fraction of sp³-hybridized carbons (Fsp3) is 0.886. The van der Waals surface area contributed by atoms with Crippen LogP contribution < -0.4 is 0 Å². The van der Waals surface area contributed by atoms with Crippen molar-refractivity contribution in [3.8, 4) is 0 Å². The van der Waals surface area contributed by atoms with E-state index in [1.807, 2.05) is 0 Å². The molecule has 0 radical (unpaired) electrons. The highest BCUT2D eigenvalue weighted by molar-refractivity contribution is 5.89. The standard InChI is InChI=1S/C44H64O6/c1-25(45)48-38-13-11-32-30-9-7-28-21-36-27(23-42(28,5)34(30)16-18-40(32,38)3)15-20-44(50-36)24-43(6)29(22-37(44)47)8-10-31-33-12-14-39(49-26(2)46)41(33,4)19-17-35(31)43/h28-35,38-39H,7-24H2,1-6H3/t28-,29?,30?,31?,32-,33?,34?,35?,38?,39?,40-,41-,42-,43-,44?/m1/s1. The van der Waals surface area contributed by atoms with Crippen molar-refractivity contribution in [2.24, 2.45) is 69.0 Å². The third-order valence-electron chi connectivity index (χ3n) is 18.7. The van der Waals surface area contributed by atoms with Crippen molar-refractivity contribution in [2.45, 2.75) is 175 Å². The van der Waals surface area contributed by atoms with Gasteiger partial charge in [0.05, 0.1) is 5.76 Å². The molecule has 9 aliphatic rings. The second-order valence-corrected chi connectivity index (χ2v) is 20.6. The first-order valence-corrected chi connectivity index (χ1v) is 21.0. The highest BCUT2D eigenvalue weighted by Crippen LogP contribution is 2.70. The largest absolute Gasteiger partial charge is 0.484 e. The van der Waals surface area contributed by atoms with Gasteiger partial charge in [0.1, 0.15) is 12.2 Å². The van der Waals surface area contributed by atoms with Crippen LogP contribution in [0.3, 0.4) is 0 Å². The van der Waals surface area contributed by atoms with E-state index in [9.17, 15) is 14.4 Å². The molecule has 6 heteroatoms. The molecule has 15 atom stereocenters. The first-order chi connectivity index (χ1) is 23.7. The zero-order valence-electron chi connectivity index (χ0n) is 32.0. The van der Waals surface area contributed by atoms with E-state index in [0.717, 1.165) is 69.6 Å². The Balaban J connectivity index is 0.940. The van der Waals surface area contributed by atoms with Crippen LogP contribution in [0.5, 0.6) is 0 Å². The molecule has 0 aromatic rings. The number of allylic oxidation sites excluding steroid dienone is 2. The van der Waals surface area contributed by atoms with Crippen LogP contribution in [0.25, 0.3) is 0 Å². The predicted molar refractivity (Wildman–Crippen MR) is 190 cm³/mol. The van der Waals surface area contributed by atoms with Gasteiger partial charge in [0.15, 0.2) is 11.4 Å². The van der Waals surface area contributed by atoms with Gasteiger partial charge in [-0.15, -0.1) is 0 Å². The van der Waals surface area contributed by atoms with E-state index in [1.165, 1.54) is 62.7 Å². The van der Waals surface area contributed by atoms with Gasteiger partial charge in [-0.3, -0.25) is 14.4 Å². The van der Waals surface area contributed by atoms with Crippen LogP contribution in [0.2, 0.25) is 0 Å². The monoisotopic (exact) mass is 688 g/mol. The van der Waals surface area contributed by atoms with Crippen molar-refractivity contribution in [3.05, 3.63) is 11.3 Å². The number of esters is 2. The molecule has 1 aliphatic heterocycles. The van der Waals surface area contributed by atoms with Crippen LogP contribution in [0, 0.1) is 69.0 Å². The summed E-state index contributed by atoms with van der Waals surface area (Å²) < 4.78 is 19.2. The molecule has 1 heterocycles. The zero-order chi connectivity index (χ0) is 35.0. The SMILES string of the molecule is CC(=O)OC1CCC2C3CCC4CC(=O)C5(CCC6=C(C[C@H]7CCC8C(CC[C@@]9(C)C(OC(C)=O)CC[C@H]89)[C@]7(C)C6)O5)C[C@@]4(C)C3CC[C@@]12C. The van der Waals surface area contributed by atoms with E-state index in [-0.39, 0.29) is 40.4 Å². The Bertz CT molecular complexity index is 1500. The average molecular weight is 689 g/mol. The summed E-state index contributed by atoms with van der Waals surface area (Å²) in [7, 11) is 0. The molecule has 7 fully saturated rings. The van der Waals surface area contributed by atoms with E-state index in [4.69, 9.17) is 14.2 Å². The second kappa shape index (κ2) is 11.3. The van der Waals surface area contributed by atoms with E-state index < -0.39 is 5.60 Å². The van der Waals surface area contributed by atoms with E-state index in [2.05, 4.69) is 27.7 Å². The number of rotatable bonds is 2. The molecule has 1 spiro atoms. The lowest BCUT2D eigenvalue weighted by molar-refractivity contribution is -0.188. The first-order valence-electron chi connectivity index (χ1n) is 21.0. The summed E-state index contributed by atoms with van der Waals surface area (Å²) in [5, 5.41) is 0. The summed E-state index contributed by atoms with van der Waals surface area (Å²) in [4.78, 5) is 38.3. The van der Waals surface area contributed by atoms with Crippen molar-refractivity contribution < 1.29 is 28.6 Å². The van der Waals surface area contributed by atoms with Gasteiger partial charge in [0.2, 0.25) is 0 Å². The number of ether oxygens (including phenoxy) is 3. The predicted octanol–water partition coefficient (Wildman–Crippen LogP) is 9.53. The van der Waals surface area contributed by atoms with E-state index in [0.29, 0.717) is 53.1 Å². The topological polar surface area (TPSA) is 78.9 Å². The smallest absolute Gasteiger partial charge is 0.302 e. The molecule has 7 saturated carbocycles. The van der Waals surface area contributed by atoms with Crippen molar-refractivity contribution >= 4 is 17.7 Å². The van der Waals surface area contributed by atoms with Crippen molar-refractivity contribution in [1.82, 2.24) is 0 Å². The molecule has 0 saturated heterocycles. The maximum Gasteiger partial charge on any atom is 0.302 e. The molecule has 8 aliphatic carbocycles. The molecule has 0 amide bonds. The number of Topliss-reactive ketones (excluding diaryl/α,β-unsaturated/α-hetero) is 1. The number of ketones is 1. The molecule has 9 rings (SSSR count). The van der Waals surface area contributed by atoms with Crippen LogP contribution in [0.4, 0.5) is 0 Å². The molecule has 6 nitrogen and oxygen atoms in total. The molecular formula is C44H64O6. The molecular weight excluding hydrogens is 624 g/mol. The van der Waals surface area contributed by atoms with Gasteiger partial charge in [0.25, 0.3) is 0 Å². The van der Waals surface area contributed by atoms with Crippen molar-refractivity contribution in [2.75, 3.05) is 0 Å². The minimum absolute atomic E-state index is 0.0591. The van der Waals surface area contributed by atoms with Crippen LogP contribution in [0.1, 0.15) is 157 Å². The quantitative estimate of drug-likeness (QED) is 0.269. The van der Waals surface area contributed by atoms with Gasteiger partial charge in [-0.25, -0.2) is 0 Å². The van der Waals surface area contributed by atoms with Gasteiger partial charge < -0.3 is 14.2 Å². The van der Waals surface area contributed by atoms with Gasteiger partial charge in [0, 0.05) is 43.9 Å². The summed E-state index contributed by atoms with van der Waals surface area (Å²) in [6, 6.07) is 0. The van der Waals surface area contributed by atoms with E-state index >= 15 is 0 Å². The molecule has 9 unspecified atom stereocenters. The summed E-state index contributed by atoms with van der Waals surface area (Å²) in [5.74, 6) is 6.45. The molecule has 0 N–H and O–H groups in total. The highest BCUT2D eigenvalue weighted by Gasteiger charge is 2.66.